The maximum atomic E-state index is 5.62. The van der Waals surface area contributed by atoms with Gasteiger partial charge in [0.1, 0.15) is 5.58 Å². The number of hydrogen-bond acceptors (Lipinski definition) is 3. The monoisotopic (exact) mass is 347 g/mol. The Bertz CT molecular complexity index is 1070. The molecule has 0 aliphatic carbocycles. The summed E-state index contributed by atoms with van der Waals surface area (Å²) in [6.45, 7) is 8.97. The highest BCUT2D eigenvalue weighted by molar-refractivity contribution is 7.71. The summed E-state index contributed by atoms with van der Waals surface area (Å²) in [4.78, 5) is 5.17. The smallest absolute Gasteiger partial charge is 0.190 e. The molecule has 2 aromatic carbocycles. The minimum Gasteiger partial charge on any atom is -0.445 e. The van der Waals surface area contributed by atoms with Crippen LogP contribution < -0.4 is 0 Å². The molecule has 25 heavy (non-hydrogen) atoms. The highest BCUT2D eigenvalue weighted by Crippen LogP contribution is 2.43. The standard InChI is InChI=1S/C22H21NOS/c1-21(2)17-8-6-5-7-16(17)20(23-22(21,3)4)15-9-11-18-14(13-15)10-12-19(25)24-18/h5-13H,1-4H3. The minimum absolute atomic E-state index is 0.0312. The zero-order valence-electron chi connectivity index (χ0n) is 15.0. The van der Waals surface area contributed by atoms with Crippen LogP contribution in [-0.2, 0) is 5.41 Å². The summed E-state index contributed by atoms with van der Waals surface area (Å²) in [5.74, 6) is 0. The molecule has 3 heteroatoms. The van der Waals surface area contributed by atoms with E-state index in [4.69, 9.17) is 21.6 Å². The van der Waals surface area contributed by atoms with Crippen molar-refractivity contribution in [2.45, 2.75) is 38.6 Å². The second kappa shape index (κ2) is 5.37. The van der Waals surface area contributed by atoms with Gasteiger partial charge in [0.05, 0.1) is 11.3 Å². The van der Waals surface area contributed by atoms with Gasteiger partial charge in [0.15, 0.2) is 4.71 Å². The highest BCUT2D eigenvalue weighted by atomic mass is 32.1. The molecule has 2 nitrogen and oxygen atoms in total. The topological polar surface area (TPSA) is 25.5 Å². The van der Waals surface area contributed by atoms with Crippen LogP contribution in [0.2, 0.25) is 0 Å². The van der Waals surface area contributed by atoms with Crippen molar-refractivity contribution >= 4 is 28.9 Å². The van der Waals surface area contributed by atoms with E-state index in [-0.39, 0.29) is 11.0 Å². The van der Waals surface area contributed by atoms with Crippen molar-refractivity contribution in [2.75, 3.05) is 0 Å². The number of hydrogen-bond donors (Lipinski definition) is 0. The summed E-state index contributed by atoms with van der Waals surface area (Å²) in [6.07, 6.45) is 0. The predicted molar refractivity (Wildman–Crippen MR) is 106 cm³/mol. The van der Waals surface area contributed by atoms with Gasteiger partial charge in [-0.1, -0.05) is 38.1 Å². The van der Waals surface area contributed by atoms with Gasteiger partial charge in [-0.3, -0.25) is 4.99 Å². The first kappa shape index (κ1) is 16.2. The fraction of sp³-hybridized carbons (Fsp3) is 0.273. The van der Waals surface area contributed by atoms with Crippen LogP contribution in [0.5, 0.6) is 0 Å². The summed E-state index contributed by atoms with van der Waals surface area (Å²) in [5.41, 5.74) is 5.29. The van der Waals surface area contributed by atoms with E-state index in [1.54, 1.807) is 0 Å². The molecule has 0 saturated heterocycles. The fourth-order valence-electron chi connectivity index (χ4n) is 3.48. The molecule has 1 aliphatic rings. The van der Waals surface area contributed by atoms with Crippen LogP contribution in [0, 0.1) is 4.71 Å². The van der Waals surface area contributed by atoms with Gasteiger partial charge in [-0.2, -0.15) is 0 Å². The van der Waals surface area contributed by atoms with Gasteiger partial charge < -0.3 is 4.42 Å². The quantitative estimate of drug-likeness (QED) is 0.499. The lowest BCUT2D eigenvalue weighted by molar-refractivity contribution is 0.303. The van der Waals surface area contributed by atoms with Gasteiger partial charge in [-0.25, -0.2) is 0 Å². The van der Waals surface area contributed by atoms with Gasteiger partial charge in [-0.05, 0) is 62.0 Å². The first-order chi connectivity index (χ1) is 11.8. The Kier molecular flexibility index (Phi) is 3.48. The molecule has 0 saturated carbocycles. The van der Waals surface area contributed by atoms with Gasteiger partial charge in [0.25, 0.3) is 0 Å². The van der Waals surface area contributed by atoms with Crippen molar-refractivity contribution < 1.29 is 4.42 Å². The Morgan fingerprint density at radius 1 is 0.920 bits per heavy atom. The van der Waals surface area contributed by atoms with Crippen LogP contribution >= 0.6 is 12.2 Å². The zero-order valence-corrected chi connectivity index (χ0v) is 15.8. The van der Waals surface area contributed by atoms with E-state index in [2.05, 4.69) is 64.1 Å². The maximum absolute atomic E-state index is 5.62. The van der Waals surface area contributed by atoms with E-state index >= 15 is 0 Å². The summed E-state index contributed by atoms with van der Waals surface area (Å²) in [6, 6.07) is 18.6. The van der Waals surface area contributed by atoms with Crippen LogP contribution in [0.1, 0.15) is 44.4 Å². The van der Waals surface area contributed by atoms with Crippen molar-refractivity contribution in [1.29, 1.82) is 0 Å². The molecule has 4 rings (SSSR count). The van der Waals surface area contributed by atoms with E-state index in [0.29, 0.717) is 4.71 Å². The number of fused-ring (bicyclic) bond motifs is 2. The Morgan fingerprint density at radius 3 is 2.48 bits per heavy atom. The Labute approximate surface area is 153 Å². The summed E-state index contributed by atoms with van der Waals surface area (Å²) in [7, 11) is 0. The third-order valence-electron chi connectivity index (χ3n) is 5.67. The van der Waals surface area contributed by atoms with Crippen LogP contribution in [0.25, 0.3) is 11.0 Å². The largest absolute Gasteiger partial charge is 0.445 e. The Morgan fingerprint density at radius 2 is 1.68 bits per heavy atom. The minimum atomic E-state index is -0.194. The average molecular weight is 347 g/mol. The van der Waals surface area contributed by atoms with Gasteiger partial charge in [0, 0.05) is 21.9 Å². The van der Waals surface area contributed by atoms with E-state index in [1.807, 2.05) is 18.2 Å². The van der Waals surface area contributed by atoms with E-state index in [1.165, 1.54) is 11.1 Å². The highest BCUT2D eigenvalue weighted by Gasteiger charge is 2.43. The molecular weight excluding hydrogens is 326 g/mol. The van der Waals surface area contributed by atoms with Gasteiger partial charge in [-0.15, -0.1) is 0 Å². The maximum Gasteiger partial charge on any atom is 0.190 e. The van der Waals surface area contributed by atoms with Gasteiger partial charge >= 0.3 is 0 Å². The molecule has 1 aromatic heterocycles. The average Bonchev–Trinajstić information content (AvgIpc) is 2.58. The number of nitrogens with zero attached hydrogens (tertiary/aromatic N) is 1. The normalized spacial score (nSPS) is 17.8. The van der Waals surface area contributed by atoms with Crippen LogP contribution in [-0.4, -0.2) is 11.3 Å². The van der Waals surface area contributed by atoms with E-state index < -0.39 is 0 Å². The lowest BCUT2D eigenvalue weighted by Crippen LogP contribution is -2.46. The molecule has 126 valence electrons. The van der Waals surface area contributed by atoms with Crippen LogP contribution in [0.4, 0.5) is 0 Å². The molecule has 0 N–H and O–H groups in total. The van der Waals surface area contributed by atoms with Crippen molar-refractivity contribution in [2.24, 2.45) is 4.99 Å². The lowest BCUT2D eigenvalue weighted by atomic mass is 9.66. The first-order valence-electron chi connectivity index (χ1n) is 8.54. The van der Waals surface area contributed by atoms with E-state index in [0.717, 1.165) is 22.2 Å². The van der Waals surface area contributed by atoms with Gasteiger partial charge in [0.2, 0.25) is 0 Å². The third-order valence-corrected chi connectivity index (χ3v) is 5.89. The van der Waals surface area contributed by atoms with Crippen molar-refractivity contribution in [1.82, 2.24) is 0 Å². The molecule has 0 spiro atoms. The number of rotatable bonds is 1. The summed E-state index contributed by atoms with van der Waals surface area (Å²) in [5, 5.41) is 1.04. The van der Waals surface area contributed by atoms with E-state index in [9.17, 15) is 0 Å². The second-order valence-electron chi connectivity index (χ2n) is 7.70. The second-order valence-corrected chi connectivity index (χ2v) is 8.10. The van der Waals surface area contributed by atoms with Crippen LogP contribution in [0.3, 0.4) is 0 Å². The van der Waals surface area contributed by atoms with Crippen molar-refractivity contribution in [3.63, 3.8) is 0 Å². The van der Waals surface area contributed by atoms with Crippen LogP contribution in [0.15, 0.2) is 64.0 Å². The first-order valence-corrected chi connectivity index (χ1v) is 8.94. The zero-order chi connectivity index (χ0) is 17.8. The Hall–Kier alpha value is -2.26. The number of aliphatic imine (C=N–C) groups is 1. The molecule has 0 bridgehead atoms. The molecule has 0 unspecified atom stereocenters. The predicted octanol–water partition coefficient (Wildman–Crippen LogP) is 6.07. The summed E-state index contributed by atoms with van der Waals surface area (Å²) < 4.78 is 6.13. The molecule has 0 amide bonds. The molecule has 1 aliphatic heterocycles. The molecule has 0 atom stereocenters. The molecule has 2 heterocycles. The summed E-state index contributed by atoms with van der Waals surface area (Å²) >= 11 is 5.11. The molecule has 0 radical (unpaired) electrons. The Balaban J connectivity index is 1.97. The number of benzene rings is 2. The molecular formula is C22H21NOS. The molecule has 0 fully saturated rings. The SMILES string of the molecule is CC1(C)N=C(c2ccc3oc(=S)ccc3c2)c2ccccc2C1(C)C. The lowest BCUT2D eigenvalue weighted by Gasteiger charge is -2.44. The van der Waals surface area contributed by atoms with Crippen molar-refractivity contribution in [3.8, 4) is 0 Å². The molecule has 3 aromatic rings. The third kappa shape index (κ3) is 2.46. The fourth-order valence-corrected chi connectivity index (χ4v) is 3.64. The van der Waals surface area contributed by atoms with Crippen molar-refractivity contribution in [3.05, 3.63) is 76.0 Å².